The van der Waals surface area contributed by atoms with Gasteiger partial charge in [0.15, 0.2) is 5.78 Å². The zero-order valence-electron chi connectivity index (χ0n) is 11.3. The molecule has 0 aromatic heterocycles. The lowest BCUT2D eigenvalue weighted by molar-refractivity contribution is -0.146. The van der Waals surface area contributed by atoms with E-state index in [9.17, 15) is 14.7 Å². The van der Waals surface area contributed by atoms with Crippen molar-refractivity contribution in [3.05, 3.63) is 70.8 Å². The summed E-state index contributed by atoms with van der Waals surface area (Å²) in [5.41, 5.74) is 3.27. The van der Waals surface area contributed by atoms with Gasteiger partial charge in [-0.25, -0.2) is 0 Å². The van der Waals surface area contributed by atoms with E-state index in [0.717, 1.165) is 16.7 Å². The van der Waals surface area contributed by atoms with Gasteiger partial charge in [-0.1, -0.05) is 48.5 Å². The highest BCUT2D eigenvalue weighted by molar-refractivity contribution is 6.12. The second kappa shape index (κ2) is 4.29. The fraction of sp³-hybridized carbons (Fsp3) is 0.222. The molecule has 104 valence electrons. The summed E-state index contributed by atoms with van der Waals surface area (Å²) < 4.78 is 0. The molecule has 0 amide bonds. The van der Waals surface area contributed by atoms with E-state index in [2.05, 4.69) is 0 Å². The van der Waals surface area contributed by atoms with E-state index in [1.165, 1.54) is 0 Å². The fourth-order valence-corrected chi connectivity index (χ4v) is 3.83. The van der Waals surface area contributed by atoms with E-state index in [0.29, 0.717) is 12.0 Å². The van der Waals surface area contributed by atoms with E-state index >= 15 is 0 Å². The summed E-state index contributed by atoms with van der Waals surface area (Å²) in [6.45, 7) is 0. The molecule has 0 spiro atoms. The van der Waals surface area contributed by atoms with E-state index in [-0.39, 0.29) is 17.6 Å². The minimum Gasteiger partial charge on any atom is -0.481 e. The van der Waals surface area contributed by atoms with Gasteiger partial charge < -0.3 is 5.11 Å². The van der Waals surface area contributed by atoms with E-state index in [1.807, 2.05) is 48.5 Å². The van der Waals surface area contributed by atoms with Crippen LogP contribution in [0.5, 0.6) is 0 Å². The highest BCUT2D eigenvalue weighted by Gasteiger charge is 2.50. The lowest BCUT2D eigenvalue weighted by atomic mass is 9.59. The number of carbonyl (C=O) groups excluding carboxylic acids is 1. The number of carbonyl (C=O) groups is 2. The summed E-state index contributed by atoms with van der Waals surface area (Å²) in [7, 11) is 0. The zero-order chi connectivity index (χ0) is 14.6. The highest BCUT2D eigenvalue weighted by Crippen LogP contribution is 2.56. The van der Waals surface area contributed by atoms with Gasteiger partial charge in [0.1, 0.15) is 0 Å². The molecular weight excluding hydrogens is 264 g/mol. The topological polar surface area (TPSA) is 54.4 Å². The Kier molecular flexibility index (Phi) is 2.52. The van der Waals surface area contributed by atoms with Crippen LogP contribution in [0.2, 0.25) is 0 Å². The van der Waals surface area contributed by atoms with Crippen molar-refractivity contribution in [3.63, 3.8) is 0 Å². The Bertz CT molecular complexity index is 763. The Morgan fingerprint density at radius 2 is 1.52 bits per heavy atom. The predicted octanol–water partition coefficient (Wildman–Crippen LogP) is 3.20. The van der Waals surface area contributed by atoms with Crippen molar-refractivity contribution in [2.45, 2.75) is 18.3 Å². The number of hydrogen-bond donors (Lipinski definition) is 1. The van der Waals surface area contributed by atoms with Crippen LogP contribution in [-0.2, 0) is 4.79 Å². The second-order valence-electron chi connectivity index (χ2n) is 5.82. The molecular formula is C18H14O3. The first-order chi connectivity index (χ1) is 10.2. The molecule has 1 fully saturated rings. The highest BCUT2D eigenvalue weighted by atomic mass is 16.4. The average Bonchev–Trinajstić information content (AvgIpc) is 2.53. The molecule has 0 heterocycles. The molecule has 0 aliphatic heterocycles. The Hall–Kier alpha value is -2.42. The maximum atomic E-state index is 12.8. The number of fused-ring (bicyclic) bond motifs is 5. The lowest BCUT2D eigenvalue weighted by Gasteiger charge is -2.42. The van der Waals surface area contributed by atoms with Crippen LogP contribution in [0.4, 0.5) is 0 Å². The fourth-order valence-electron chi connectivity index (χ4n) is 3.83. The second-order valence-corrected chi connectivity index (χ2v) is 5.82. The number of carboxylic acid groups (broad SMARTS) is 1. The molecule has 3 unspecified atom stereocenters. The summed E-state index contributed by atoms with van der Waals surface area (Å²) in [5.74, 6) is -1.10. The summed E-state index contributed by atoms with van der Waals surface area (Å²) >= 11 is 0. The van der Waals surface area contributed by atoms with Crippen LogP contribution in [0.1, 0.15) is 45.3 Å². The van der Waals surface area contributed by atoms with Gasteiger partial charge in [0, 0.05) is 17.0 Å². The van der Waals surface area contributed by atoms with Crippen LogP contribution >= 0.6 is 0 Å². The maximum absolute atomic E-state index is 12.8. The van der Waals surface area contributed by atoms with Crippen LogP contribution in [0.25, 0.3) is 0 Å². The van der Waals surface area contributed by atoms with Gasteiger partial charge in [-0.2, -0.15) is 0 Å². The van der Waals surface area contributed by atoms with Gasteiger partial charge in [-0.15, -0.1) is 0 Å². The maximum Gasteiger partial charge on any atom is 0.307 e. The molecule has 2 aliphatic rings. The van der Waals surface area contributed by atoms with Crippen molar-refractivity contribution in [2.75, 3.05) is 0 Å². The zero-order valence-corrected chi connectivity index (χ0v) is 11.3. The summed E-state index contributed by atoms with van der Waals surface area (Å²) in [6.07, 6.45) is 0.610. The molecule has 0 bridgehead atoms. The van der Waals surface area contributed by atoms with Crippen molar-refractivity contribution >= 4 is 11.8 Å². The Balaban J connectivity index is 1.97. The molecule has 2 aromatic carbocycles. The molecule has 4 rings (SSSR count). The number of carboxylic acids is 1. The molecule has 0 radical (unpaired) electrons. The van der Waals surface area contributed by atoms with E-state index in [4.69, 9.17) is 0 Å². The summed E-state index contributed by atoms with van der Waals surface area (Å²) in [5, 5.41) is 9.42. The Morgan fingerprint density at radius 1 is 0.952 bits per heavy atom. The third kappa shape index (κ3) is 1.60. The average molecular weight is 278 g/mol. The minimum atomic E-state index is -0.766. The lowest BCUT2D eigenvalue weighted by Crippen LogP contribution is -2.38. The molecule has 1 saturated carbocycles. The third-order valence-corrected chi connectivity index (χ3v) is 4.86. The number of aliphatic carboxylic acids is 1. The molecule has 2 aromatic rings. The molecule has 3 nitrogen and oxygen atoms in total. The SMILES string of the molecule is O=C1c2ccccc2C2CC(C(=O)O)C2c2ccccc21. The normalized spacial score (nSPS) is 25.9. The van der Waals surface area contributed by atoms with Gasteiger partial charge >= 0.3 is 5.97 Å². The van der Waals surface area contributed by atoms with Crippen molar-refractivity contribution in [1.82, 2.24) is 0 Å². The summed E-state index contributed by atoms with van der Waals surface area (Å²) in [6, 6.07) is 15.1. The predicted molar refractivity (Wildman–Crippen MR) is 77.5 cm³/mol. The van der Waals surface area contributed by atoms with Gasteiger partial charge in [-0.3, -0.25) is 9.59 Å². The summed E-state index contributed by atoms with van der Waals surface area (Å²) in [4.78, 5) is 24.2. The molecule has 1 N–H and O–H groups in total. The number of ketones is 1. The largest absolute Gasteiger partial charge is 0.481 e. The quantitative estimate of drug-likeness (QED) is 0.871. The standard InChI is InChI=1S/C18H14O3/c19-17-12-7-3-1-5-10(12)14-9-15(18(20)21)16(14)11-6-2-4-8-13(11)17/h1-8,14-16H,9H2,(H,20,21). The van der Waals surface area contributed by atoms with Gasteiger partial charge in [0.25, 0.3) is 0 Å². The van der Waals surface area contributed by atoms with Crippen LogP contribution < -0.4 is 0 Å². The molecule has 21 heavy (non-hydrogen) atoms. The van der Waals surface area contributed by atoms with Crippen molar-refractivity contribution in [3.8, 4) is 0 Å². The third-order valence-electron chi connectivity index (χ3n) is 4.86. The van der Waals surface area contributed by atoms with E-state index < -0.39 is 11.9 Å². The van der Waals surface area contributed by atoms with Crippen LogP contribution in [-0.4, -0.2) is 16.9 Å². The monoisotopic (exact) mass is 278 g/mol. The molecule has 3 atom stereocenters. The minimum absolute atomic E-state index is 0.0136. The van der Waals surface area contributed by atoms with Gasteiger partial charge in [0.05, 0.1) is 5.92 Å². The van der Waals surface area contributed by atoms with Crippen molar-refractivity contribution in [1.29, 1.82) is 0 Å². The number of benzene rings is 2. The number of rotatable bonds is 1. The molecule has 2 aliphatic carbocycles. The van der Waals surface area contributed by atoms with E-state index in [1.54, 1.807) is 0 Å². The smallest absolute Gasteiger partial charge is 0.307 e. The number of hydrogen-bond acceptors (Lipinski definition) is 2. The Morgan fingerprint density at radius 3 is 2.19 bits per heavy atom. The first kappa shape index (κ1) is 12.3. The first-order valence-corrected chi connectivity index (χ1v) is 7.14. The van der Waals surface area contributed by atoms with Gasteiger partial charge in [0.2, 0.25) is 0 Å². The van der Waals surface area contributed by atoms with Gasteiger partial charge in [-0.05, 0) is 23.5 Å². The van der Waals surface area contributed by atoms with Crippen LogP contribution in [0.15, 0.2) is 48.5 Å². The van der Waals surface area contributed by atoms with Crippen LogP contribution in [0, 0.1) is 5.92 Å². The molecule has 3 heteroatoms. The van der Waals surface area contributed by atoms with Crippen molar-refractivity contribution in [2.24, 2.45) is 5.92 Å². The molecule has 0 saturated heterocycles. The Labute approximate surface area is 122 Å². The first-order valence-electron chi connectivity index (χ1n) is 7.14. The van der Waals surface area contributed by atoms with Crippen LogP contribution in [0.3, 0.4) is 0 Å². The van der Waals surface area contributed by atoms with Crippen molar-refractivity contribution < 1.29 is 14.7 Å².